The van der Waals surface area contributed by atoms with E-state index in [1.54, 1.807) is 0 Å². The summed E-state index contributed by atoms with van der Waals surface area (Å²) in [7, 11) is 0. The molecule has 0 atom stereocenters. The summed E-state index contributed by atoms with van der Waals surface area (Å²) in [6, 6.07) is 56.5. The molecular weight excluding hydrogens is 745 g/mol. The zero-order valence-electron chi connectivity index (χ0n) is 38.9. The van der Waals surface area contributed by atoms with E-state index in [1.165, 1.54) is 121 Å². The fourth-order valence-corrected chi connectivity index (χ4v) is 10.0. The molecule has 10 rings (SSSR count). The Balaban J connectivity index is 1.47. The van der Waals surface area contributed by atoms with Crippen molar-refractivity contribution in [2.24, 2.45) is 0 Å². The smallest absolute Gasteiger partial charge is 0.000719 e. The lowest BCUT2D eigenvalue weighted by Crippen LogP contribution is -2.17. The molecule has 9 aromatic rings. The quantitative estimate of drug-likeness (QED) is 0.123. The third-order valence-electron chi connectivity index (χ3n) is 13.7. The van der Waals surface area contributed by atoms with Gasteiger partial charge in [0, 0.05) is 0 Å². The highest BCUT2D eigenvalue weighted by Gasteiger charge is 2.34. The minimum atomic E-state index is -0.0380. The first kappa shape index (κ1) is 40.1. The van der Waals surface area contributed by atoms with Crippen LogP contribution in [0, 0.1) is 0 Å². The topological polar surface area (TPSA) is 0 Å². The van der Waals surface area contributed by atoms with E-state index < -0.39 is 0 Å². The Bertz CT molecular complexity index is 3220. The summed E-state index contributed by atoms with van der Waals surface area (Å²) in [6.45, 7) is 28.3. The molecule has 62 heavy (non-hydrogen) atoms. The summed E-state index contributed by atoms with van der Waals surface area (Å²) in [5.74, 6) is 0. The summed E-state index contributed by atoms with van der Waals surface area (Å²) >= 11 is 0. The fourth-order valence-electron chi connectivity index (χ4n) is 10.0. The molecule has 0 N–H and O–H groups in total. The van der Waals surface area contributed by atoms with Crippen molar-refractivity contribution in [3.8, 4) is 55.6 Å². The Labute approximate surface area is 369 Å². The van der Waals surface area contributed by atoms with E-state index >= 15 is 0 Å². The average Bonchev–Trinajstić information content (AvgIpc) is 3.54. The minimum Gasteiger partial charge on any atom is -0.0622 e. The van der Waals surface area contributed by atoms with Gasteiger partial charge in [-0.1, -0.05) is 204 Å². The van der Waals surface area contributed by atoms with Crippen molar-refractivity contribution >= 4 is 43.1 Å². The third-order valence-corrected chi connectivity index (χ3v) is 13.7. The molecule has 9 aromatic carbocycles. The molecule has 0 bridgehead atoms. The lowest BCUT2D eigenvalue weighted by Gasteiger charge is -2.29. The van der Waals surface area contributed by atoms with Crippen molar-refractivity contribution in [1.82, 2.24) is 0 Å². The molecule has 0 saturated heterocycles. The van der Waals surface area contributed by atoms with Crippen LogP contribution in [0.15, 0.2) is 146 Å². The van der Waals surface area contributed by atoms with E-state index in [-0.39, 0.29) is 21.7 Å². The van der Waals surface area contributed by atoms with E-state index in [0.29, 0.717) is 0 Å². The van der Waals surface area contributed by atoms with Gasteiger partial charge >= 0.3 is 0 Å². The molecule has 0 spiro atoms. The number of fused-ring (bicyclic) bond motifs is 7. The second-order valence-corrected chi connectivity index (χ2v) is 22.3. The number of rotatable bonds is 3. The van der Waals surface area contributed by atoms with Gasteiger partial charge in [-0.2, -0.15) is 0 Å². The van der Waals surface area contributed by atoms with Crippen molar-refractivity contribution in [2.75, 3.05) is 0 Å². The van der Waals surface area contributed by atoms with Crippen molar-refractivity contribution < 1.29 is 0 Å². The highest BCUT2D eigenvalue weighted by molar-refractivity contribution is 6.31. The maximum atomic E-state index is 2.54. The SMILES string of the molecule is CC(C)(C)c1cc(-c2c3c(c(-c4cc(C(C)(C)C)cc(C(C)(C)C)c4)c4cc5cc(-c6ccccc6)ccc5cc24)-c2cccc4c2c-3cc2ccccc24)cc(C(C)(C)C)c1. The van der Waals surface area contributed by atoms with Gasteiger partial charge in [0.15, 0.2) is 0 Å². The molecular formula is C62H60. The van der Waals surface area contributed by atoms with E-state index in [9.17, 15) is 0 Å². The largest absolute Gasteiger partial charge is 0.0622 e. The van der Waals surface area contributed by atoms with E-state index in [1.807, 2.05) is 0 Å². The molecule has 0 amide bonds. The Morgan fingerprint density at radius 1 is 0.258 bits per heavy atom. The molecule has 0 unspecified atom stereocenters. The van der Waals surface area contributed by atoms with Gasteiger partial charge in [-0.05, 0) is 167 Å². The molecule has 0 heterocycles. The zero-order valence-corrected chi connectivity index (χ0v) is 38.9. The standard InChI is InChI=1S/C62H60/c1-59(2,3)44-28-42(29-45(35-44)60(4,5)6)54-52-34-41-27-38(37-19-14-13-15-20-37)25-26-39(41)32-51(52)55(43-30-46(61(7,8)9)36-47(31-43)62(10,11)12)58-53-33-40-21-16-17-22-48(40)49-23-18-24-50(56(49)53)57(54)58/h13-36H,1-12H3. The maximum absolute atomic E-state index is 2.54. The Morgan fingerprint density at radius 2 is 0.742 bits per heavy atom. The fraction of sp³-hybridized carbons (Fsp3) is 0.258. The van der Waals surface area contributed by atoms with Gasteiger partial charge in [-0.25, -0.2) is 0 Å². The summed E-state index contributed by atoms with van der Waals surface area (Å²) in [4.78, 5) is 0. The molecule has 0 aromatic heterocycles. The second-order valence-electron chi connectivity index (χ2n) is 22.3. The second kappa shape index (κ2) is 13.8. The maximum Gasteiger partial charge on any atom is -0.000719 e. The van der Waals surface area contributed by atoms with Gasteiger partial charge in [0.1, 0.15) is 0 Å². The molecule has 0 fully saturated rings. The number of hydrogen-bond acceptors (Lipinski definition) is 0. The summed E-state index contributed by atoms with van der Waals surface area (Å²) in [5.41, 5.74) is 18.4. The number of hydrogen-bond donors (Lipinski definition) is 0. The Morgan fingerprint density at radius 3 is 1.29 bits per heavy atom. The summed E-state index contributed by atoms with van der Waals surface area (Å²) in [6.07, 6.45) is 0. The van der Waals surface area contributed by atoms with Crippen molar-refractivity contribution in [1.29, 1.82) is 0 Å². The lowest BCUT2D eigenvalue weighted by molar-refractivity contribution is 0.568. The highest BCUT2D eigenvalue weighted by atomic mass is 14.4. The molecule has 1 aliphatic rings. The molecule has 1 aliphatic carbocycles. The van der Waals surface area contributed by atoms with Gasteiger partial charge in [-0.3, -0.25) is 0 Å². The lowest BCUT2D eigenvalue weighted by atomic mass is 9.75. The van der Waals surface area contributed by atoms with Gasteiger partial charge in [0.05, 0.1) is 0 Å². The van der Waals surface area contributed by atoms with Crippen LogP contribution < -0.4 is 0 Å². The molecule has 0 aliphatic heterocycles. The van der Waals surface area contributed by atoms with Crippen LogP contribution in [0.25, 0.3) is 98.7 Å². The van der Waals surface area contributed by atoms with Crippen LogP contribution in [0.2, 0.25) is 0 Å². The molecule has 0 radical (unpaired) electrons. The zero-order chi connectivity index (χ0) is 43.7. The minimum absolute atomic E-state index is 0.0363. The summed E-state index contributed by atoms with van der Waals surface area (Å²) in [5, 5.41) is 10.4. The molecule has 0 saturated carbocycles. The van der Waals surface area contributed by atoms with Gasteiger partial charge < -0.3 is 0 Å². The first-order valence-electron chi connectivity index (χ1n) is 22.7. The predicted octanol–water partition coefficient (Wildman–Crippen LogP) is 18.1. The Hall–Kier alpha value is -5.98. The van der Waals surface area contributed by atoms with Crippen LogP contribution in [0.4, 0.5) is 0 Å². The van der Waals surface area contributed by atoms with Crippen LogP contribution in [-0.2, 0) is 21.7 Å². The monoisotopic (exact) mass is 804 g/mol. The van der Waals surface area contributed by atoms with Crippen LogP contribution in [0.5, 0.6) is 0 Å². The van der Waals surface area contributed by atoms with Gasteiger partial charge in [0.25, 0.3) is 0 Å². The van der Waals surface area contributed by atoms with Crippen LogP contribution in [0.3, 0.4) is 0 Å². The van der Waals surface area contributed by atoms with E-state index in [0.717, 1.165) is 0 Å². The van der Waals surface area contributed by atoms with Crippen LogP contribution in [0.1, 0.15) is 105 Å². The first-order valence-corrected chi connectivity index (χ1v) is 22.7. The normalized spacial score (nSPS) is 13.2. The Kier molecular flexibility index (Phi) is 8.90. The molecule has 0 nitrogen and oxygen atoms in total. The van der Waals surface area contributed by atoms with Crippen molar-refractivity contribution in [3.05, 3.63) is 168 Å². The summed E-state index contributed by atoms with van der Waals surface area (Å²) < 4.78 is 0. The van der Waals surface area contributed by atoms with Crippen molar-refractivity contribution in [2.45, 2.75) is 105 Å². The van der Waals surface area contributed by atoms with Crippen LogP contribution >= 0.6 is 0 Å². The molecule has 308 valence electrons. The van der Waals surface area contributed by atoms with Gasteiger partial charge in [-0.15, -0.1) is 0 Å². The third kappa shape index (κ3) is 6.57. The highest BCUT2D eigenvalue weighted by Crippen LogP contribution is 2.59. The van der Waals surface area contributed by atoms with E-state index in [4.69, 9.17) is 0 Å². The van der Waals surface area contributed by atoms with Crippen LogP contribution in [-0.4, -0.2) is 0 Å². The number of benzene rings is 9. The van der Waals surface area contributed by atoms with E-state index in [2.05, 4.69) is 229 Å². The van der Waals surface area contributed by atoms with Gasteiger partial charge in [0.2, 0.25) is 0 Å². The average molecular weight is 805 g/mol. The predicted molar refractivity (Wildman–Crippen MR) is 272 cm³/mol. The first-order chi connectivity index (χ1) is 29.3. The molecule has 0 heteroatoms. The van der Waals surface area contributed by atoms with Crippen molar-refractivity contribution in [3.63, 3.8) is 0 Å².